The normalized spacial score (nSPS) is 15.3. The molecule has 3 aromatic rings. The van der Waals surface area contributed by atoms with Gasteiger partial charge < -0.3 is 20.4 Å². The van der Waals surface area contributed by atoms with Gasteiger partial charge in [-0.15, -0.1) is 0 Å². The number of nitrogens with one attached hydrogen (secondary N) is 1. The van der Waals surface area contributed by atoms with Crippen molar-refractivity contribution in [3.05, 3.63) is 59.4 Å². The van der Waals surface area contributed by atoms with Crippen molar-refractivity contribution in [1.82, 2.24) is 14.9 Å². The molecular weight excluding hydrogens is 366 g/mol. The van der Waals surface area contributed by atoms with Gasteiger partial charge in [-0.1, -0.05) is 18.2 Å². The van der Waals surface area contributed by atoms with Crippen molar-refractivity contribution >= 4 is 17.1 Å². The lowest BCUT2D eigenvalue weighted by Gasteiger charge is -2.31. The molecule has 0 unspecified atom stereocenters. The summed E-state index contributed by atoms with van der Waals surface area (Å²) < 4.78 is 5.06. The van der Waals surface area contributed by atoms with E-state index in [0.717, 1.165) is 50.2 Å². The summed E-state index contributed by atoms with van der Waals surface area (Å²) in [4.78, 5) is 21.6. The predicted molar refractivity (Wildman–Crippen MR) is 110 cm³/mol. The first-order chi connectivity index (χ1) is 14.1. The van der Waals surface area contributed by atoms with Gasteiger partial charge in [0.05, 0.1) is 17.1 Å². The second kappa shape index (κ2) is 8.33. The van der Waals surface area contributed by atoms with E-state index >= 15 is 0 Å². The lowest BCUT2D eigenvalue weighted by atomic mass is 9.96. The maximum Gasteiger partial charge on any atom is 0.410 e. The van der Waals surface area contributed by atoms with Gasteiger partial charge in [0.15, 0.2) is 5.75 Å². The molecule has 7 nitrogen and oxygen atoms in total. The fourth-order valence-corrected chi connectivity index (χ4v) is 3.87. The van der Waals surface area contributed by atoms with Gasteiger partial charge >= 0.3 is 6.09 Å². The lowest BCUT2D eigenvalue weighted by Crippen LogP contribution is -2.34. The Labute approximate surface area is 169 Å². The monoisotopic (exact) mass is 389 g/mol. The van der Waals surface area contributed by atoms with E-state index in [1.165, 1.54) is 5.56 Å². The van der Waals surface area contributed by atoms with Crippen LogP contribution in [0.25, 0.3) is 11.0 Å². The average molecular weight is 389 g/mol. The molecule has 0 atom stereocenters. The molecule has 2 aromatic carbocycles. The van der Waals surface area contributed by atoms with Crippen LogP contribution >= 0.6 is 0 Å². The van der Waals surface area contributed by atoms with Crippen LogP contribution in [-0.4, -0.2) is 40.6 Å². The number of carbonyl (C=O) groups is 1. The molecule has 4 rings (SSSR count). The Morgan fingerprint density at radius 1 is 1.24 bits per heavy atom. The van der Waals surface area contributed by atoms with Crippen molar-refractivity contribution in [2.75, 3.05) is 19.6 Å². The van der Waals surface area contributed by atoms with Gasteiger partial charge in [0.25, 0.3) is 0 Å². The number of nitrogens with zero attached hydrogens (tertiary/aromatic N) is 3. The molecule has 148 valence electrons. The van der Waals surface area contributed by atoms with E-state index < -0.39 is 6.09 Å². The Morgan fingerprint density at radius 2 is 2.00 bits per heavy atom. The quantitative estimate of drug-likeness (QED) is 0.696. The smallest absolute Gasteiger partial charge is 0.408 e. The number of ether oxygens (including phenoxy) is 1. The van der Waals surface area contributed by atoms with E-state index in [2.05, 4.69) is 16.0 Å². The standard InChI is InChI=1S/C22H23N5O2/c23-14-16-6-4-15(5-7-16)8-11-27-12-9-17(10-13-27)21-25-18-2-1-3-19(20(18)26-21)29-22(24)28/h1-7,17H,8-13H2,(H2,24,28)(H,25,26). The van der Waals surface area contributed by atoms with E-state index in [9.17, 15) is 4.79 Å². The van der Waals surface area contributed by atoms with Gasteiger partial charge in [-0.05, 0) is 62.2 Å². The molecule has 1 fully saturated rings. The molecule has 3 N–H and O–H groups in total. The zero-order valence-electron chi connectivity index (χ0n) is 16.1. The number of imidazole rings is 1. The molecule has 1 saturated heterocycles. The summed E-state index contributed by atoms with van der Waals surface area (Å²) >= 11 is 0. The van der Waals surface area contributed by atoms with Gasteiger partial charge in [-0.25, -0.2) is 9.78 Å². The number of primary amides is 1. The summed E-state index contributed by atoms with van der Waals surface area (Å²) in [6.07, 6.45) is 2.20. The highest BCUT2D eigenvalue weighted by atomic mass is 16.5. The molecule has 1 aromatic heterocycles. The van der Waals surface area contributed by atoms with Crippen LogP contribution < -0.4 is 10.5 Å². The minimum absolute atomic E-state index is 0.356. The minimum Gasteiger partial charge on any atom is -0.408 e. The molecule has 1 aliphatic rings. The fraction of sp³-hybridized carbons (Fsp3) is 0.318. The first kappa shape index (κ1) is 19.0. The number of nitrogens with two attached hydrogens (primary N) is 1. The van der Waals surface area contributed by atoms with Crippen molar-refractivity contribution in [3.63, 3.8) is 0 Å². The number of likely N-dealkylation sites (tertiary alicyclic amines) is 1. The lowest BCUT2D eigenvalue weighted by molar-refractivity contribution is 0.211. The number of para-hydroxylation sites is 1. The summed E-state index contributed by atoms with van der Waals surface area (Å²) in [6, 6.07) is 15.4. The molecule has 1 amide bonds. The number of aromatic amines is 1. The van der Waals surface area contributed by atoms with E-state index in [0.29, 0.717) is 22.7 Å². The topological polar surface area (TPSA) is 108 Å². The molecule has 2 heterocycles. The first-order valence-electron chi connectivity index (χ1n) is 9.79. The third-order valence-corrected chi connectivity index (χ3v) is 5.48. The number of aromatic nitrogens is 2. The van der Waals surface area contributed by atoms with Gasteiger partial charge in [-0.3, -0.25) is 0 Å². The van der Waals surface area contributed by atoms with E-state index in [4.69, 9.17) is 20.7 Å². The van der Waals surface area contributed by atoms with E-state index in [1.807, 2.05) is 36.4 Å². The third-order valence-electron chi connectivity index (χ3n) is 5.48. The zero-order valence-corrected chi connectivity index (χ0v) is 16.1. The van der Waals surface area contributed by atoms with Crippen LogP contribution in [0.15, 0.2) is 42.5 Å². The predicted octanol–water partition coefficient (Wildman–Crippen LogP) is 3.31. The number of H-pyrrole nitrogens is 1. The van der Waals surface area contributed by atoms with E-state index in [-0.39, 0.29) is 0 Å². The minimum atomic E-state index is -0.836. The fourth-order valence-electron chi connectivity index (χ4n) is 3.87. The van der Waals surface area contributed by atoms with Crippen LogP contribution in [-0.2, 0) is 6.42 Å². The van der Waals surface area contributed by atoms with Crippen LogP contribution in [0.3, 0.4) is 0 Å². The van der Waals surface area contributed by atoms with Crippen LogP contribution in [0, 0.1) is 11.3 Å². The number of hydrogen-bond acceptors (Lipinski definition) is 5. The molecular formula is C22H23N5O2. The number of amides is 1. The van der Waals surface area contributed by atoms with Crippen LogP contribution in [0.5, 0.6) is 5.75 Å². The van der Waals surface area contributed by atoms with Crippen LogP contribution in [0.4, 0.5) is 4.79 Å². The van der Waals surface area contributed by atoms with Crippen LogP contribution in [0.1, 0.15) is 35.7 Å². The third kappa shape index (κ3) is 4.39. The highest BCUT2D eigenvalue weighted by Gasteiger charge is 2.23. The summed E-state index contributed by atoms with van der Waals surface area (Å²) in [5.74, 6) is 1.68. The summed E-state index contributed by atoms with van der Waals surface area (Å²) in [7, 11) is 0. The summed E-state index contributed by atoms with van der Waals surface area (Å²) in [5.41, 5.74) is 8.59. The molecule has 1 aliphatic heterocycles. The molecule has 0 radical (unpaired) electrons. The highest BCUT2D eigenvalue weighted by molar-refractivity contribution is 5.84. The Hall–Kier alpha value is -3.37. The molecule has 0 aliphatic carbocycles. The summed E-state index contributed by atoms with van der Waals surface area (Å²) in [5, 5.41) is 8.89. The average Bonchev–Trinajstić information content (AvgIpc) is 3.18. The first-order valence-corrected chi connectivity index (χ1v) is 9.79. The van der Waals surface area contributed by atoms with Crippen molar-refractivity contribution in [2.45, 2.75) is 25.2 Å². The maximum atomic E-state index is 11.1. The maximum absolute atomic E-state index is 11.1. The number of fused-ring (bicyclic) bond motifs is 1. The Morgan fingerprint density at radius 3 is 2.69 bits per heavy atom. The second-order valence-corrected chi connectivity index (χ2v) is 7.37. The Bertz CT molecular complexity index is 1040. The van der Waals surface area contributed by atoms with Crippen molar-refractivity contribution in [2.24, 2.45) is 5.73 Å². The highest BCUT2D eigenvalue weighted by Crippen LogP contribution is 2.30. The Balaban J connectivity index is 1.35. The van der Waals surface area contributed by atoms with Gasteiger partial charge in [0.2, 0.25) is 0 Å². The summed E-state index contributed by atoms with van der Waals surface area (Å²) in [6.45, 7) is 3.04. The Kier molecular flexibility index (Phi) is 5.45. The molecule has 0 spiro atoms. The van der Waals surface area contributed by atoms with Crippen molar-refractivity contribution in [1.29, 1.82) is 5.26 Å². The largest absolute Gasteiger partial charge is 0.410 e. The molecule has 29 heavy (non-hydrogen) atoms. The van der Waals surface area contributed by atoms with Crippen molar-refractivity contribution < 1.29 is 9.53 Å². The van der Waals surface area contributed by atoms with Crippen molar-refractivity contribution in [3.8, 4) is 11.8 Å². The molecule has 0 bridgehead atoms. The SMILES string of the molecule is N#Cc1ccc(CCN2CCC(c3nc4c(OC(N)=O)cccc4[nH]3)CC2)cc1. The molecule has 7 heteroatoms. The number of hydrogen-bond donors (Lipinski definition) is 2. The number of rotatable bonds is 5. The van der Waals surface area contributed by atoms with Gasteiger partial charge in [-0.2, -0.15) is 5.26 Å². The number of piperidine rings is 1. The van der Waals surface area contributed by atoms with Crippen LogP contribution in [0.2, 0.25) is 0 Å². The number of benzene rings is 2. The van der Waals surface area contributed by atoms with E-state index in [1.54, 1.807) is 6.07 Å². The number of carbonyl (C=O) groups excluding carboxylic acids is 1. The van der Waals surface area contributed by atoms with Gasteiger partial charge in [0, 0.05) is 12.5 Å². The second-order valence-electron chi connectivity index (χ2n) is 7.37. The molecule has 0 saturated carbocycles. The number of nitriles is 1. The van der Waals surface area contributed by atoms with Gasteiger partial charge in [0.1, 0.15) is 11.3 Å². The zero-order chi connectivity index (χ0) is 20.2.